The fraction of sp³-hybridized carbons (Fsp3) is 0.167. The molecule has 0 unspecified atom stereocenters. The van der Waals surface area contributed by atoms with Gasteiger partial charge in [0, 0.05) is 29.9 Å². The number of aryl methyl sites for hydroxylation is 1. The number of ether oxygens (including phenoxy) is 1. The van der Waals surface area contributed by atoms with Crippen molar-refractivity contribution in [3.05, 3.63) is 83.9 Å². The highest BCUT2D eigenvalue weighted by molar-refractivity contribution is 6.04. The van der Waals surface area contributed by atoms with Gasteiger partial charge in [0.05, 0.1) is 0 Å². The Morgan fingerprint density at radius 1 is 0.966 bits per heavy atom. The number of anilines is 2. The molecule has 1 saturated heterocycles. The Bertz CT molecular complexity index is 1030. The molecule has 3 aromatic carbocycles. The molecule has 5 nitrogen and oxygen atoms in total. The topological polar surface area (TPSA) is 58.6 Å². The van der Waals surface area contributed by atoms with Crippen molar-refractivity contribution in [1.82, 2.24) is 0 Å². The summed E-state index contributed by atoms with van der Waals surface area (Å²) >= 11 is 0. The van der Waals surface area contributed by atoms with Gasteiger partial charge in [-0.2, -0.15) is 0 Å². The van der Waals surface area contributed by atoms with Crippen molar-refractivity contribution in [2.75, 3.05) is 16.8 Å². The van der Waals surface area contributed by atoms with E-state index in [1.165, 1.54) is 0 Å². The largest absolute Gasteiger partial charge is 0.457 e. The summed E-state index contributed by atoms with van der Waals surface area (Å²) in [6.45, 7) is 2.75. The minimum atomic E-state index is -0.198. The van der Waals surface area contributed by atoms with Crippen LogP contribution < -0.4 is 15.0 Å². The Hall–Kier alpha value is -3.60. The third kappa shape index (κ3) is 4.46. The number of nitrogens with one attached hydrogen (secondary N) is 1. The standard InChI is InChI=1S/C24H22N2O3/c1-17-4-2-5-22(16-17)29-21-13-9-19(10-14-21)25-24(28)18-7-11-20(12-8-18)26-15-3-6-23(26)27/h2,4-5,7-14,16H,3,6,15H2,1H3,(H,25,28). The predicted molar refractivity (Wildman–Crippen MR) is 114 cm³/mol. The number of rotatable bonds is 5. The van der Waals surface area contributed by atoms with E-state index < -0.39 is 0 Å². The Morgan fingerprint density at radius 3 is 2.38 bits per heavy atom. The average molecular weight is 386 g/mol. The van der Waals surface area contributed by atoms with E-state index in [0.717, 1.165) is 30.0 Å². The van der Waals surface area contributed by atoms with Gasteiger partial charge >= 0.3 is 0 Å². The molecule has 0 aromatic heterocycles. The third-order valence-corrected chi connectivity index (χ3v) is 4.85. The van der Waals surface area contributed by atoms with Crippen molar-refractivity contribution in [3.63, 3.8) is 0 Å². The second-order valence-electron chi connectivity index (χ2n) is 7.09. The molecule has 2 amide bonds. The van der Waals surface area contributed by atoms with Gasteiger partial charge in [0.2, 0.25) is 5.91 Å². The van der Waals surface area contributed by atoms with E-state index in [-0.39, 0.29) is 11.8 Å². The first-order valence-electron chi connectivity index (χ1n) is 9.65. The lowest BCUT2D eigenvalue weighted by Crippen LogP contribution is -2.23. The number of carbonyl (C=O) groups is 2. The molecule has 0 radical (unpaired) electrons. The van der Waals surface area contributed by atoms with E-state index in [0.29, 0.717) is 23.4 Å². The molecule has 0 atom stereocenters. The molecule has 1 fully saturated rings. The first-order chi connectivity index (χ1) is 14.1. The number of benzene rings is 3. The van der Waals surface area contributed by atoms with Gasteiger partial charge in [-0.25, -0.2) is 0 Å². The maximum atomic E-state index is 12.5. The molecular weight excluding hydrogens is 364 g/mol. The number of nitrogens with zero attached hydrogens (tertiary/aromatic N) is 1. The van der Waals surface area contributed by atoms with Crippen LogP contribution in [0.4, 0.5) is 11.4 Å². The van der Waals surface area contributed by atoms with Crippen LogP contribution in [-0.4, -0.2) is 18.4 Å². The molecule has 1 N–H and O–H groups in total. The fourth-order valence-corrected chi connectivity index (χ4v) is 3.34. The zero-order valence-corrected chi connectivity index (χ0v) is 16.2. The van der Waals surface area contributed by atoms with Crippen LogP contribution in [0.2, 0.25) is 0 Å². The second-order valence-corrected chi connectivity index (χ2v) is 7.09. The van der Waals surface area contributed by atoms with Crippen LogP contribution in [-0.2, 0) is 4.79 Å². The molecular formula is C24H22N2O3. The zero-order chi connectivity index (χ0) is 20.2. The summed E-state index contributed by atoms with van der Waals surface area (Å²) in [4.78, 5) is 26.1. The zero-order valence-electron chi connectivity index (χ0n) is 16.2. The van der Waals surface area contributed by atoms with Crippen molar-refractivity contribution in [2.45, 2.75) is 19.8 Å². The average Bonchev–Trinajstić information content (AvgIpc) is 3.15. The van der Waals surface area contributed by atoms with Gasteiger partial charge in [-0.3, -0.25) is 9.59 Å². The molecule has 4 rings (SSSR count). The van der Waals surface area contributed by atoms with Gasteiger partial charge in [0.25, 0.3) is 5.91 Å². The minimum Gasteiger partial charge on any atom is -0.457 e. The highest BCUT2D eigenvalue weighted by Gasteiger charge is 2.21. The summed E-state index contributed by atoms with van der Waals surface area (Å²) in [6, 6.07) is 22.2. The van der Waals surface area contributed by atoms with E-state index in [2.05, 4.69) is 5.32 Å². The van der Waals surface area contributed by atoms with E-state index >= 15 is 0 Å². The van der Waals surface area contributed by atoms with Crippen molar-refractivity contribution in [1.29, 1.82) is 0 Å². The normalized spacial score (nSPS) is 13.4. The molecule has 0 aliphatic carbocycles. The van der Waals surface area contributed by atoms with E-state index in [1.807, 2.05) is 55.5 Å². The molecule has 146 valence electrons. The highest BCUT2D eigenvalue weighted by Crippen LogP contribution is 2.25. The lowest BCUT2D eigenvalue weighted by Gasteiger charge is -2.15. The Labute approximate surface area is 169 Å². The van der Waals surface area contributed by atoms with Gasteiger partial charge < -0.3 is 15.0 Å². The van der Waals surface area contributed by atoms with Crippen LogP contribution in [0.5, 0.6) is 11.5 Å². The number of hydrogen-bond donors (Lipinski definition) is 1. The lowest BCUT2D eigenvalue weighted by molar-refractivity contribution is -0.117. The van der Waals surface area contributed by atoms with Crippen molar-refractivity contribution >= 4 is 23.2 Å². The number of amides is 2. The van der Waals surface area contributed by atoms with E-state index in [1.54, 1.807) is 29.2 Å². The fourth-order valence-electron chi connectivity index (χ4n) is 3.34. The Kier molecular flexibility index (Phi) is 5.29. The molecule has 0 spiro atoms. The number of hydrogen-bond acceptors (Lipinski definition) is 3. The SMILES string of the molecule is Cc1cccc(Oc2ccc(NC(=O)c3ccc(N4CCCC4=O)cc3)cc2)c1. The van der Waals surface area contributed by atoms with Crippen molar-refractivity contribution < 1.29 is 14.3 Å². The molecule has 1 heterocycles. The number of carbonyl (C=O) groups excluding carboxylic acids is 2. The van der Waals surface area contributed by atoms with Crippen LogP contribution >= 0.6 is 0 Å². The molecule has 0 bridgehead atoms. The van der Waals surface area contributed by atoms with Gasteiger partial charge in [-0.1, -0.05) is 12.1 Å². The summed E-state index contributed by atoms with van der Waals surface area (Å²) < 4.78 is 5.83. The lowest BCUT2D eigenvalue weighted by atomic mass is 10.1. The van der Waals surface area contributed by atoms with Crippen LogP contribution in [0.3, 0.4) is 0 Å². The van der Waals surface area contributed by atoms with Gasteiger partial charge in [-0.15, -0.1) is 0 Å². The summed E-state index contributed by atoms with van der Waals surface area (Å²) in [7, 11) is 0. The van der Waals surface area contributed by atoms with Crippen LogP contribution in [0.25, 0.3) is 0 Å². The predicted octanol–water partition coefficient (Wildman–Crippen LogP) is 5.17. The van der Waals surface area contributed by atoms with E-state index in [9.17, 15) is 9.59 Å². The molecule has 1 aliphatic heterocycles. The molecule has 5 heteroatoms. The van der Waals surface area contributed by atoms with E-state index in [4.69, 9.17) is 4.74 Å². The van der Waals surface area contributed by atoms with Crippen molar-refractivity contribution in [2.24, 2.45) is 0 Å². The molecule has 29 heavy (non-hydrogen) atoms. The monoisotopic (exact) mass is 386 g/mol. The first-order valence-corrected chi connectivity index (χ1v) is 9.65. The van der Waals surface area contributed by atoms with Crippen molar-refractivity contribution in [3.8, 4) is 11.5 Å². The molecule has 1 aliphatic rings. The van der Waals surface area contributed by atoms with Gasteiger partial charge in [-0.05, 0) is 79.6 Å². The van der Waals surface area contributed by atoms with Crippen LogP contribution in [0.15, 0.2) is 72.8 Å². The summed E-state index contributed by atoms with van der Waals surface area (Å²) in [5.41, 5.74) is 3.19. The Morgan fingerprint density at radius 2 is 1.72 bits per heavy atom. The molecule has 3 aromatic rings. The maximum absolute atomic E-state index is 12.5. The smallest absolute Gasteiger partial charge is 0.255 e. The molecule has 0 saturated carbocycles. The summed E-state index contributed by atoms with van der Waals surface area (Å²) in [5.74, 6) is 1.42. The third-order valence-electron chi connectivity index (χ3n) is 4.85. The summed E-state index contributed by atoms with van der Waals surface area (Å²) in [6.07, 6.45) is 1.47. The highest BCUT2D eigenvalue weighted by atomic mass is 16.5. The summed E-state index contributed by atoms with van der Waals surface area (Å²) in [5, 5.41) is 2.88. The van der Waals surface area contributed by atoms with Gasteiger partial charge in [0.1, 0.15) is 11.5 Å². The minimum absolute atomic E-state index is 0.134. The van der Waals surface area contributed by atoms with Crippen LogP contribution in [0.1, 0.15) is 28.8 Å². The quantitative estimate of drug-likeness (QED) is 0.658. The second kappa shape index (κ2) is 8.19. The van der Waals surface area contributed by atoms with Crippen LogP contribution in [0, 0.1) is 6.92 Å². The maximum Gasteiger partial charge on any atom is 0.255 e. The van der Waals surface area contributed by atoms with Gasteiger partial charge in [0.15, 0.2) is 0 Å². The first kappa shape index (κ1) is 18.7. The Balaban J connectivity index is 1.38.